The number of hydrogen-bond donors (Lipinski definition) is 0. The van der Waals surface area contributed by atoms with Crippen molar-refractivity contribution in [2.45, 2.75) is 45.7 Å². The highest BCUT2D eigenvalue weighted by Gasteiger charge is 2.29. The van der Waals surface area contributed by atoms with Gasteiger partial charge in [-0.2, -0.15) is 0 Å². The van der Waals surface area contributed by atoms with Crippen LogP contribution < -0.4 is 5.56 Å². The van der Waals surface area contributed by atoms with Gasteiger partial charge in [-0.15, -0.1) is 11.3 Å². The van der Waals surface area contributed by atoms with Crippen LogP contribution in [0.2, 0.25) is 0 Å². The lowest BCUT2D eigenvalue weighted by atomic mass is 10.1. The zero-order chi connectivity index (χ0) is 19.0. The minimum absolute atomic E-state index is 0.0539. The van der Waals surface area contributed by atoms with Crippen molar-refractivity contribution in [2.24, 2.45) is 0 Å². The van der Waals surface area contributed by atoms with Crippen LogP contribution in [0.15, 0.2) is 35.6 Å². The molecule has 0 N–H and O–H groups in total. The fraction of sp³-hybridized carbons (Fsp3) is 0.400. The minimum atomic E-state index is -0.0539. The topological polar surface area (TPSA) is 68.1 Å². The second-order valence-electron chi connectivity index (χ2n) is 6.98. The lowest BCUT2D eigenvalue weighted by Gasteiger charge is -2.25. The van der Waals surface area contributed by atoms with Crippen LogP contribution >= 0.6 is 11.3 Å². The molecule has 0 saturated carbocycles. The van der Waals surface area contributed by atoms with Gasteiger partial charge in [0.1, 0.15) is 4.83 Å². The van der Waals surface area contributed by atoms with Crippen LogP contribution in [0.4, 0.5) is 0 Å². The predicted molar refractivity (Wildman–Crippen MR) is 106 cm³/mol. The summed E-state index contributed by atoms with van der Waals surface area (Å²) in [7, 11) is 0. The molecule has 3 aromatic rings. The Morgan fingerprint density at radius 1 is 1.30 bits per heavy atom. The summed E-state index contributed by atoms with van der Waals surface area (Å²) in [5.74, 6) is 0.0829. The van der Waals surface area contributed by atoms with E-state index in [1.807, 2.05) is 30.9 Å². The summed E-state index contributed by atoms with van der Waals surface area (Å²) in [5.41, 5.74) is 2.06. The number of aryl methyl sites for hydroxylation is 3. The van der Waals surface area contributed by atoms with Gasteiger partial charge in [0.05, 0.1) is 17.8 Å². The van der Waals surface area contributed by atoms with Crippen LogP contribution in [0.25, 0.3) is 10.2 Å². The van der Waals surface area contributed by atoms with E-state index >= 15 is 0 Å². The Morgan fingerprint density at radius 2 is 2.07 bits per heavy atom. The van der Waals surface area contributed by atoms with Gasteiger partial charge in [0.15, 0.2) is 0 Å². The van der Waals surface area contributed by atoms with Crippen molar-refractivity contribution in [1.82, 2.24) is 19.4 Å². The summed E-state index contributed by atoms with van der Waals surface area (Å²) in [4.78, 5) is 37.9. The first kappa shape index (κ1) is 17.9. The molecule has 0 unspecified atom stereocenters. The molecular weight excluding hydrogens is 360 g/mol. The zero-order valence-corrected chi connectivity index (χ0v) is 16.3. The SMILES string of the molecule is Cc1sc2ncn(CCC(=O)N3CCC[C@H]3c3ccncc3)c(=O)c2c1C. The van der Waals surface area contributed by atoms with E-state index in [0.717, 1.165) is 40.2 Å². The van der Waals surface area contributed by atoms with Gasteiger partial charge in [-0.05, 0) is 49.9 Å². The molecule has 0 spiro atoms. The third-order valence-electron chi connectivity index (χ3n) is 5.39. The first-order valence-electron chi connectivity index (χ1n) is 9.21. The van der Waals surface area contributed by atoms with E-state index < -0.39 is 0 Å². The highest BCUT2D eigenvalue weighted by atomic mass is 32.1. The molecule has 4 heterocycles. The van der Waals surface area contributed by atoms with Crippen LogP contribution in [0.1, 0.15) is 41.3 Å². The van der Waals surface area contributed by atoms with Crippen LogP contribution in [-0.2, 0) is 11.3 Å². The Labute approximate surface area is 161 Å². The second-order valence-corrected chi connectivity index (χ2v) is 8.19. The molecule has 140 valence electrons. The van der Waals surface area contributed by atoms with Gasteiger partial charge in [0.25, 0.3) is 5.56 Å². The molecule has 4 rings (SSSR count). The Balaban J connectivity index is 1.51. The number of hydrogen-bond acceptors (Lipinski definition) is 5. The van der Waals surface area contributed by atoms with Crippen molar-refractivity contribution in [1.29, 1.82) is 0 Å². The van der Waals surface area contributed by atoms with E-state index in [2.05, 4.69) is 9.97 Å². The average molecular weight is 382 g/mol. The highest BCUT2D eigenvalue weighted by molar-refractivity contribution is 7.18. The first-order valence-corrected chi connectivity index (χ1v) is 10.0. The molecule has 1 aliphatic heterocycles. The Kier molecular flexibility index (Phi) is 4.78. The molecule has 1 aliphatic rings. The molecule has 1 atom stereocenters. The van der Waals surface area contributed by atoms with Gasteiger partial charge in [-0.25, -0.2) is 4.98 Å². The standard InChI is InChI=1S/C20H22N4O2S/c1-13-14(2)27-19-18(13)20(26)23(12-22-19)11-7-17(25)24-10-3-4-16(24)15-5-8-21-9-6-15/h5-6,8-9,12,16H,3-4,7,10-11H2,1-2H3/t16-/m0/s1. The number of amides is 1. The van der Waals surface area contributed by atoms with E-state index in [-0.39, 0.29) is 17.5 Å². The maximum Gasteiger partial charge on any atom is 0.262 e. The molecule has 27 heavy (non-hydrogen) atoms. The number of carbonyl (C=O) groups is 1. The molecular formula is C20H22N4O2S. The molecule has 0 aromatic carbocycles. The van der Waals surface area contributed by atoms with Crippen molar-refractivity contribution in [3.05, 3.63) is 57.2 Å². The maximum absolute atomic E-state index is 12.8. The van der Waals surface area contributed by atoms with Crippen LogP contribution in [0.3, 0.4) is 0 Å². The molecule has 0 aliphatic carbocycles. The smallest absolute Gasteiger partial charge is 0.262 e. The molecule has 6 nitrogen and oxygen atoms in total. The number of fused-ring (bicyclic) bond motifs is 1. The summed E-state index contributed by atoms with van der Waals surface area (Å²) in [6.07, 6.45) is 7.37. The van der Waals surface area contributed by atoms with Gasteiger partial charge in [-0.3, -0.25) is 19.1 Å². The molecule has 7 heteroatoms. The van der Waals surface area contributed by atoms with E-state index in [1.54, 1.807) is 23.3 Å². The van der Waals surface area contributed by atoms with Gasteiger partial charge in [-0.1, -0.05) is 0 Å². The van der Waals surface area contributed by atoms with Crippen LogP contribution in [-0.4, -0.2) is 31.9 Å². The van der Waals surface area contributed by atoms with E-state index in [4.69, 9.17) is 0 Å². The Bertz CT molecular complexity index is 1040. The summed E-state index contributed by atoms with van der Waals surface area (Å²) in [6.45, 7) is 5.08. The molecule has 1 amide bonds. The lowest BCUT2D eigenvalue weighted by Crippen LogP contribution is -2.32. The molecule has 0 radical (unpaired) electrons. The van der Waals surface area contributed by atoms with Crippen molar-refractivity contribution in [3.8, 4) is 0 Å². The van der Waals surface area contributed by atoms with Crippen molar-refractivity contribution in [2.75, 3.05) is 6.54 Å². The summed E-state index contributed by atoms with van der Waals surface area (Å²) >= 11 is 1.54. The molecule has 1 fully saturated rings. The summed E-state index contributed by atoms with van der Waals surface area (Å²) < 4.78 is 1.57. The Hall–Kier alpha value is -2.54. The minimum Gasteiger partial charge on any atom is -0.336 e. The third kappa shape index (κ3) is 3.27. The number of nitrogens with zero attached hydrogens (tertiary/aromatic N) is 4. The van der Waals surface area contributed by atoms with Crippen molar-refractivity contribution < 1.29 is 4.79 Å². The number of carbonyl (C=O) groups excluding carboxylic acids is 1. The van der Waals surface area contributed by atoms with E-state index in [1.165, 1.54) is 11.3 Å². The summed E-state index contributed by atoms with van der Waals surface area (Å²) in [6, 6.07) is 4.06. The number of aromatic nitrogens is 3. The quantitative estimate of drug-likeness (QED) is 0.695. The second kappa shape index (κ2) is 7.23. The number of pyridine rings is 1. The van der Waals surface area contributed by atoms with Crippen LogP contribution in [0.5, 0.6) is 0 Å². The predicted octanol–water partition coefficient (Wildman–Crippen LogP) is 3.22. The van der Waals surface area contributed by atoms with Gasteiger partial charge in [0, 0.05) is 36.8 Å². The third-order valence-corrected chi connectivity index (χ3v) is 6.50. The monoisotopic (exact) mass is 382 g/mol. The number of thiophene rings is 1. The van der Waals surface area contributed by atoms with Gasteiger partial charge < -0.3 is 4.90 Å². The maximum atomic E-state index is 12.8. The molecule has 1 saturated heterocycles. The zero-order valence-electron chi connectivity index (χ0n) is 15.5. The Morgan fingerprint density at radius 3 is 2.85 bits per heavy atom. The molecule has 0 bridgehead atoms. The fourth-order valence-electron chi connectivity index (χ4n) is 3.79. The number of likely N-dealkylation sites (tertiary alicyclic amines) is 1. The summed E-state index contributed by atoms with van der Waals surface area (Å²) in [5, 5.41) is 0.684. The fourth-order valence-corrected chi connectivity index (χ4v) is 4.77. The lowest BCUT2D eigenvalue weighted by molar-refractivity contribution is -0.132. The molecule has 3 aromatic heterocycles. The van der Waals surface area contributed by atoms with Crippen molar-refractivity contribution in [3.63, 3.8) is 0 Å². The number of rotatable bonds is 4. The van der Waals surface area contributed by atoms with Crippen molar-refractivity contribution >= 4 is 27.5 Å². The highest BCUT2D eigenvalue weighted by Crippen LogP contribution is 2.32. The van der Waals surface area contributed by atoms with Crippen LogP contribution in [0, 0.1) is 13.8 Å². The average Bonchev–Trinajstić information content (AvgIpc) is 3.27. The normalized spacial score (nSPS) is 17.0. The first-order chi connectivity index (χ1) is 13.1. The van der Waals surface area contributed by atoms with E-state index in [9.17, 15) is 9.59 Å². The van der Waals surface area contributed by atoms with Gasteiger partial charge in [0.2, 0.25) is 5.91 Å². The largest absolute Gasteiger partial charge is 0.336 e. The van der Waals surface area contributed by atoms with Gasteiger partial charge >= 0.3 is 0 Å². The van der Waals surface area contributed by atoms with E-state index in [0.29, 0.717) is 18.4 Å².